The highest BCUT2D eigenvalue weighted by Crippen LogP contribution is 2.31. The summed E-state index contributed by atoms with van der Waals surface area (Å²) in [5.74, 6) is 1.20. The van der Waals surface area contributed by atoms with Gasteiger partial charge in [-0.1, -0.05) is 30.3 Å². The fourth-order valence-corrected chi connectivity index (χ4v) is 4.82. The predicted octanol–water partition coefficient (Wildman–Crippen LogP) is 4.54. The fourth-order valence-electron chi connectivity index (χ4n) is 4.19. The zero-order valence-corrected chi connectivity index (χ0v) is 18.0. The largest absolute Gasteiger partial charge is 0.496 e. The third kappa shape index (κ3) is 4.89. The van der Waals surface area contributed by atoms with Crippen molar-refractivity contribution in [3.05, 3.63) is 82.3 Å². The van der Waals surface area contributed by atoms with Crippen molar-refractivity contribution in [2.24, 2.45) is 5.92 Å². The third-order valence-corrected chi connectivity index (χ3v) is 6.51. The van der Waals surface area contributed by atoms with Gasteiger partial charge in [0.05, 0.1) is 23.7 Å². The molecule has 5 nitrogen and oxygen atoms in total. The third-order valence-electron chi connectivity index (χ3n) is 5.64. The number of rotatable bonds is 7. The minimum atomic E-state index is -0.110. The van der Waals surface area contributed by atoms with Crippen LogP contribution in [0.1, 0.15) is 39.8 Å². The molecule has 0 bridgehead atoms. The van der Waals surface area contributed by atoms with E-state index in [4.69, 9.17) is 4.74 Å². The Bertz CT molecular complexity index is 946. The van der Waals surface area contributed by atoms with E-state index < -0.39 is 0 Å². The molecule has 2 atom stereocenters. The summed E-state index contributed by atoms with van der Waals surface area (Å²) in [5, 5.41) is 5.20. The number of thiophene rings is 1. The van der Waals surface area contributed by atoms with Crippen LogP contribution in [0.5, 0.6) is 5.75 Å². The molecule has 1 aromatic carbocycles. The maximum absolute atomic E-state index is 12.8. The van der Waals surface area contributed by atoms with Gasteiger partial charge in [0.15, 0.2) is 0 Å². The second-order valence-corrected chi connectivity index (χ2v) is 8.58. The molecular weight excluding hydrogens is 394 g/mol. The van der Waals surface area contributed by atoms with Crippen LogP contribution < -0.4 is 10.1 Å². The summed E-state index contributed by atoms with van der Waals surface area (Å²) in [6.45, 7) is 2.79. The van der Waals surface area contributed by atoms with E-state index in [0.717, 1.165) is 48.8 Å². The highest BCUT2D eigenvalue weighted by molar-refractivity contribution is 7.12. The van der Waals surface area contributed by atoms with Crippen LogP contribution >= 0.6 is 11.3 Å². The number of aromatic nitrogens is 1. The number of nitrogens with one attached hydrogen (secondary N) is 1. The molecule has 0 radical (unpaired) electrons. The first-order chi connectivity index (χ1) is 14.7. The van der Waals surface area contributed by atoms with Gasteiger partial charge in [-0.2, -0.15) is 0 Å². The summed E-state index contributed by atoms with van der Waals surface area (Å²) in [7, 11) is 1.72. The number of para-hydroxylation sites is 1. The Morgan fingerprint density at radius 2 is 2.10 bits per heavy atom. The number of nitrogens with zero attached hydrogens (tertiary/aromatic N) is 2. The summed E-state index contributed by atoms with van der Waals surface area (Å²) in [6, 6.07) is 17.8. The number of carbonyl (C=O) groups is 1. The number of methoxy groups -OCH3 is 1. The molecule has 1 aliphatic heterocycles. The second-order valence-electron chi connectivity index (χ2n) is 7.63. The van der Waals surface area contributed by atoms with E-state index in [9.17, 15) is 4.79 Å². The van der Waals surface area contributed by atoms with E-state index in [1.54, 1.807) is 13.3 Å². The van der Waals surface area contributed by atoms with Gasteiger partial charge < -0.3 is 10.1 Å². The first kappa shape index (κ1) is 20.6. The molecule has 0 aliphatic carbocycles. The highest BCUT2D eigenvalue weighted by Gasteiger charge is 2.31. The summed E-state index contributed by atoms with van der Waals surface area (Å²) < 4.78 is 5.53. The van der Waals surface area contributed by atoms with Crippen molar-refractivity contribution in [1.29, 1.82) is 0 Å². The lowest BCUT2D eigenvalue weighted by molar-refractivity contribution is 0.0878. The van der Waals surface area contributed by atoms with Crippen LogP contribution in [0.3, 0.4) is 0 Å². The van der Waals surface area contributed by atoms with Gasteiger partial charge in [0.2, 0.25) is 0 Å². The molecule has 3 aromatic rings. The van der Waals surface area contributed by atoms with Gasteiger partial charge in [0.25, 0.3) is 5.91 Å². The molecule has 30 heavy (non-hydrogen) atoms. The van der Waals surface area contributed by atoms with Crippen molar-refractivity contribution >= 4 is 17.2 Å². The number of pyridine rings is 1. The first-order valence-corrected chi connectivity index (χ1v) is 11.2. The van der Waals surface area contributed by atoms with E-state index in [2.05, 4.69) is 27.3 Å². The van der Waals surface area contributed by atoms with Crippen LogP contribution in [0.25, 0.3) is 0 Å². The Balaban J connectivity index is 1.52. The van der Waals surface area contributed by atoms with Crippen molar-refractivity contribution in [1.82, 2.24) is 15.2 Å². The molecule has 0 saturated carbocycles. The van der Waals surface area contributed by atoms with E-state index in [1.165, 1.54) is 16.9 Å². The van der Waals surface area contributed by atoms with Crippen LogP contribution in [-0.4, -0.2) is 36.0 Å². The van der Waals surface area contributed by atoms with Gasteiger partial charge in [-0.25, -0.2) is 0 Å². The molecule has 1 saturated heterocycles. The van der Waals surface area contributed by atoms with Crippen molar-refractivity contribution in [2.45, 2.75) is 25.4 Å². The van der Waals surface area contributed by atoms with Crippen molar-refractivity contribution < 1.29 is 9.53 Å². The van der Waals surface area contributed by atoms with Gasteiger partial charge in [-0.15, -0.1) is 11.3 Å². The maximum Gasteiger partial charge on any atom is 0.261 e. The minimum Gasteiger partial charge on any atom is -0.496 e. The number of amides is 1. The minimum absolute atomic E-state index is 0.0255. The number of hydrogen-bond donors (Lipinski definition) is 1. The van der Waals surface area contributed by atoms with Crippen LogP contribution in [0.4, 0.5) is 0 Å². The molecule has 3 heterocycles. The number of piperidine rings is 1. The predicted molar refractivity (Wildman–Crippen MR) is 120 cm³/mol. The van der Waals surface area contributed by atoms with E-state index in [0.29, 0.717) is 5.92 Å². The average molecular weight is 422 g/mol. The lowest BCUT2D eigenvalue weighted by Crippen LogP contribution is -2.43. The van der Waals surface area contributed by atoms with Crippen molar-refractivity contribution in [2.75, 3.05) is 20.2 Å². The number of ether oxygens (including phenoxy) is 1. The number of benzene rings is 1. The van der Waals surface area contributed by atoms with Crippen LogP contribution in [0.15, 0.2) is 66.2 Å². The van der Waals surface area contributed by atoms with Gasteiger partial charge in [0, 0.05) is 24.8 Å². The van der Waals surface area contributed by atoms with Crippen LogP contribution in [0.2, 0.25) is 0 Å². The molecule has 2 aromatic heterocycles. The monoisotopic (exact) mass is 421 g/mol. The molecule has 1 amide bonds. The molecule has 156 valence electrons. The smallest absolute Gasteiger partial charge is 0.261 e. The van der Waals surface area contributed by atoms with E-state index in [1.807, 2.05) is 47.8 Å². The van der Waals surface area contributed by atoms with Gasteiger partial charge in [-0.3, -0.25) is 14.7 Å². The number of hydrogen-bond acceptors (Lipinski definition) is 5. The molecule has 6 heteroatoms. The Morgan fingerprint density at radius 1 is 1.23 bits per heavy atom. The summed E-state index contributed by atoms with van der Waals surface area (Å²) in [4.78, 5) is 20.6. The van der Waals surface area contributed by atoms with E-state index in [-0.39, 0.29) is 11.9 Å². The summed E-state index contributed by atoms with van der Waals surface area (Å²) in [6.07, 6.45) is 3.96. The Hall–Kier alpha value is -2.70. The molecule has 1 fully saturated rings. The van der Waals surface area contributed by atoms with Crippen molar-refractivity contribution in [3.8, 4) is 5.75 Å². The highest BCUT2D eigenvalue weighted by atomic mass is 32.1. The second kappa shape index (κ2) is 9.87. The fraction of sp³-hybridized carbons (Fsp3) is 0.333. The van der Waals surface area contributed by atoms with E-state index >= 15 is 0 Å². The molecule has 0 spiro atoms. The Kier molecular flexibility index (Phi) is 6.77. The lowest BCUT2D eigenvalue weighted by atomic mass is 9.88. The lowest BCUT2D eigenvalue weighted by Gasteiger charge is -2.37. The normalized spacial score (nSPS) is 18.0. The molecular formula is C24H27N3O2S. The average Bonchev–Trinajstić information content (AvgIpc) is 3.34. The standard InChI is InChI=1S/C24H27N3O2S/c1-29-21-11-3-2-8-18(21)16-27-14-6-9-19(17-27)23(20-10-4-5-13-25-20)26-24(28)22-12-7-15-30-22/h2-5,7-8,10-13,15,19,23H,6,9,14,16-17H2,1H3,(H,26,28)/t19-,23+/m0/s1. The van der Waals surface area contributed by atoms with Crippen LogP contribution in [0, 0.1) is 5.92 Å². The summed E-state index contributed by atoms with van der Waals surface area (Å²) in [5.41, 5.74) is 2.12. The number of likely N-dealkylation sites (tertiary alicyclic amines) is 1. The number of carbonyl (C=O) groups excluding carboxylic acids is 1. The van der Waals surface area contributed by atoms with Gasteiger partial charge >= 0.3 is 0 Å². The summed E-state index contributed by atoms with van der Waals surface area (Å²) >= 11 is 1.46. The molecule has 0 unspecified atom stereocenters. The Morgan fingerprint density at radius 3 is 2.87 bits per heavy atom. The quantitative estimate of drug-likeness (QED) is 0.609. The van der Waals surface area contributed by atoms with Gasteiger partial charge in [-0.05, 0) is 54.9 Å². The molecule has 1 N–H and O–H groups in total. The topological polar surface area (TPSA) is 54.5 Å². The maximum atomic E-state index is 12.8. The molecule has 1 aliphatic rings. The van der Waals surface area contributed by atoms with Crippen LogP contribution in [-0.2, 0) is 6.54 Å². The zero-order valence-electron chi connectivity index (χ0n) is 17.2. The van der Waals surface area contributed by atoms with Crippen molar-refractivity contribution in [3.63, 3.8) is 0 Å². The van der Waals surface area contributed by atoms with Gasteiger partial charge in [0.1, 0.15) is 5.75 Å². The Labute approximate surface area is 181 Å². The SMILES string of the molecule is COc1ccccc1CN1CCC[C@H]([C@@H](NC(=O)c2cccs2)c2ccccn2)C1. The zero-order chi connectivity index (χ0) is 20.8. The first-order valence-electron chi connectivity index (χ1n) is 10.3. The molecule has 4 rings (SSSR count).